The minimum atomic E-state index is -0.255. The van der Waals surface area contributed by atoms with Crippen LogP contribution in [0.1, 0.15) is 25.2 Å². The van der Waals surface area contributed by atoms with Crippen molar-refractivity contribution in [3.63, 3.8) is 0 Å². The van der Waals surface area contributed by atoms with E-state index < -0.39 is 0 Å². The summed E-state index contributed by atoms with van der Waals surface area (Å²) in [6.45, 7) is 4.76. The van der Waals surface area contributed by atoms with Gasteiger partial charge in [0.2, 0.25) is 5.91 Å². The molecule has 1 amide bonds. The highest BCUT2D eigenvalue weighted by molar-refractivity contribution is 8.00. The number of anilines is 1. The van der Waals surface area contributed by atoms with Crippen molar-refractivity contribution < 1.29 is 4.79 Å². The van der Waals surface area contributed by atoms with Crippen molar-refractivity contribution in [2.45, 2.75) is 37.2 Å². The molecule has 2 aromatic carbocycles. The summed E-state index contributed by atoms with van der Waals surface area (Å²) in [5.41, 5.74) is 2.08. The fraction of sp³-hybridized carbons (Fsp3) is 0.286. The Morgan fingerprint density at radius 2 is 1.70 bits per heavy atom. The number of para-hydroxylation sites is 1. The van der Waals surface area contributed by atoms with Crippen molar-refractivity contribution in [3.05, 3.63) is 72.1 Å². The first kappa shape index (κ1) is 19.2. The number of rotatable bonds is 7. The maximum absolute atomic E-state index is 12.8. The van der Waals surface area contributed by atoms with Gasteiger partial charge in [0.25, 0.3) is 0 Å². The molecule has 0 spiro atoms. The number of nitrogens with zero attached hydrogens (tertiary/aromatic N) is 4. The van der Waals surface area contributed by atoms with Gasteiger partial charge in [-0.25, -0.2) is 0 Å². The largest absolute Gasteiger partial charge is 0.315 e. The summed E-state index contributed by atoms with van der Waals surface area (Å²) in [5, 5.41) is 9.24. The molecular weight excluding hydrogens is 356 g/mol. The average molecular weight is 381 g/mol. The Kier molecular flexibility index (Phi) is 6.29. The number of amides is 1. The number of carbonyl (C=O) groups is 1. The normalized spacial score (nSPS) is 12.0. The fourth-order valence-corrected chi connectivity index (χ4v) is 3.92. The van der Waals surface area contributed by atoms with E-state index in [1.165, 1.54) is 17.3 Å². The molecule has 0 fully saturated rings. The van der Waals surface area contributed by atoms with Crippen molar-refractivity contribution in [1.29, 1.82) is 0 Å². The predicted molar refractivity (Wildman–Crippen MR) is 110 cm³/mol. The fourth-order valence-electron chi connectivity index (χ4n) is 2.89. The Morgan fingerprint density at radius 3 is 2.33 bits per heavy atom. The molecule has 3 rings (SSSR count). The lowest BCUT2D eigenvalue weighted by Gasteiger charge is -2.21. The summed E-state index contributed by atoms with van der Waals surface area (Å²) in [6, 6.07) is 19.9. The van der Waals surface area contributed by atoms with Gasteiger partial charge in [-0.3, -0.25) is 4.79 Å². The smallest absolute Gasteiger partial charge is 0.240 e. The highest BCUT2D eigenvalue weighted by atomic mass is 32.2. The molecule has 0 N–H and O–H groups in total. The first-order chi connectivity index (χ1) is 13.1. The maximum Gasteiger partial charge on any atom is 0.240 e. The van der Waals surface area contributed by atoms with Gasteiger partial charge in [-0.1, -0.05) is 60.3 Å². The number of carbonyl (C=O) groups excluding carboxylic acids is 1. The van der Waals surface area contributed by atoms with Crippen molar-refractivity contribution >= 4 is 23.4 Å². The molecule has 5 nitrogen and oxygen atoms in total. The number of benzene rings is 2. The standard InChI is InChI=1S/C21H24N4OS/c1-4-25-19(15-17-11-7-5-8-12-17)22-23-21(25)27-16(2)20(26)24(3)18-13-9-6-10-14-18/h5-14,16H,4,15H2,1-3H3. The molecule has 6 heteroatoms. The van der Waals surface area contributed by atoms with Crippen molar-refractivity contribution in [3.8, 4) is 0 Å². The van der Waals surface area contributed by atoms with Crippen LogP contribution < -0.4 is 4.90 Å². The zero-order chi connectivity index (χ0) is 19.2. The van der Waals surface area contributed by atoms with Gasteiger partial charge in [0.15, 0.2) is 5.16 Å². The number of hydrogen-bond acceptors (Lipinski definition) is 4. The van der Waals surface area contributed by atoms with Crippen LogP contribution in [-0.2, 0) is 17.8 Å². The number of thioether (sulfide) groups is 1. The number of aromatic nitrogens is 3. The third-order valence-electron chi connectivity index (χ3n) is 4.42. The van der Waals surface area contributed by atoms with Crippen LogP contribution >= 0.6 is 11.8 Å². The molecule has 0 saturated carbocycles. The quantitative estimate of drug-likeness (QED) is 0.581. The molecule has 0 bridgehead atoms. The molecule has 3 aromatic rings. The van der Waals surface area contributed by atoms with Gasteiger partial charge in [0.05, 0.1) is 5.25 Å². The Labute approximate surface area is 164 Å². The molecule has 1 heterocycles. The first-order valence-corrected chi connectivity index (χ1v) is 9.93. The van der Waals surface area contributed by atoms with Crippen LogP contribution in [0.2, 0.25) is 0 Å². The minimum Gasteiger partial charge on any atom is -0.315 e. The van der Waals surface area contributed by atoms with Crippen LogP contribution in [0.15, 0.2) is 65.8 Å². The van der Waals surface area contributed by atoms with Crippen LogP contribution in [-0.4, -0.2) is 33.0 Å². The molecule has 0 saturated heterocycles. The van der Waals surface area contributed by atoms with Crippen LogP contribution in [0.3, 0.4) is 0 Å². The van der Waals surface area contributed by atoms with Gasteiger partial charge in [0, 0.05) is 25.7 Å². The highest BCUT2D eigenvalue weighted by Gasteiger charge is 2.23. The zero-order valence-electron chi connectivity index (χ0n) is 15.9. The molecule has 1 aromatic heterocycles. The van der Waals surface area contributed by atoms with E-state index in [1.54, 1.807) is 11.9 Å². The Balaban J connectivity index is 1.72. The summed E-state index contributed by atoms with van der Waals surface area (Å²) >= 11 is 1.46. The van der Waals surface area contributed by atoms with Gasteiger partial charge >= 0.3 is 0 Å². The lowest BCUT2D eigenvalue weighted by Crippen LogP contribution is -2.33. The molecule has 27 heavy (non-hydrogen) atoms. The Morgan fingerprint density at radius 1 is 1.07 bits per heavy atom. The van der Waals surface area contributed by atoms with Crippen molar-refractivity contribution in [2.24, 2.45) is 0 Å². The summed E-state index contributed by atoms with van der Waals surface area (Å²) < 4.78 is 2.09. The lowest BCUT2D eigenvalue weighted by atomic mass is 10.1. The van der Waals surface area contributed by atoms with Crippen molar-refractivity contribution in [2.75, 3.05) is 11.9 Å². The second-order valence-corrected chi connectivity index (χ2v) is 7.61. The summed E-state index contributed by atoms with van der Waals surface area (Å²) in [5.74, 6) is 0.962. The van der Waals surface area contributed by atoms with E-state index in [4.69, 9.17) is 0 Å². The molecule has 140 valence electrons. The van der Waals surface area contributed by atoms with Crippen LogP contribution in [0, 0.1) is 0 Å². The second kappa shape index (κ2) is 8.86. The third-order valence-corrected chi connectivity index (χ3v) is 5.49. The summed E-state index contributed by atoms with van der Waals surface area (Å²) in [7, 11) is 1.81. The third kappa shape index (κ3) is 4.57. The molecule has 1 atom stereocenters. The molecular formula is C21H24N4OS. The molecule has 0 aliphatic heterocycles. The molecule has 1 unspecified atom stereocenters. The van der Waals surface area contributed by atoms with Crippen LogP contribution in [0.4, 0.5) is 5.69 Å². The van der Waals surface area contributed by atoms with E-state index in [2.05, 4.69) is 33.8 Å². The first-order valence-electron chi connectivity index (χ1n) is 9.05. The second-order valence-electron chi connectivity index (χ2n) is 6.30. The summed E-state index contributed by atoms with van der Waals surface area (Å²) in [6.07, 6.45) is 0.731. The minimum absolute atomic E-state index is 0.0430. The molecule has 0 aliphatic carbocycles. The molecule has 0 aliphatic rings. The van der Waals surface area contributed by atoms with E-state index >= 15 is 0 Å². The SMILES string of the molecule is CCn1c(Cc2ccccc2)nnc1SC(C)C(=O)N(C)c1ccccc1. The van der Waals surface area contributed by atoms with E-state index in [0.29, 0.717) is 0 Å². The molecule has 0 radical (unpaired) electrons. The van der Waals surface area contributed by atoms with E-state index in [0.717, 1.165) is 29.6 Å². The predicted octanol–water partition coefficient (Wildman–Crippen LogP) is 4.03. The van der Waals surface area contributed by atoms with Gasteiger partial charge < -0.3 is 9.47 Å². The van der Waals surface area contributed by atoms with Gasteiger partial charge in [-0.05, 0) is 31.5 Å². The Bertz CT molecular complexity index is 880. The van der Waals surface area contributed by atoms with E-state index in [9.17, 15) is 4.79 Å². The van der Waals surface area contributed by atoms with Gasteiger partial charge in [-0.2, -0.15) is 0 Å². The van der Waals surface area contributed by atoms with Gasteiger partial charge in [-0.15, -0.1) is 10.2 Å². The van der Waals surface area contributed by atoms with E-state index in [1.807, 2.05) is 55.5 Å². The number of hydrogen-bond donors (Lipinski definition) is 0. The van der Waals surface area contributed by atoms with E-state index in [-0.39, 0.29) is 11.2 Å². The lowest BCUT2D eigenvalue weighted by molar-refractivity contribution is -0.117. The van der Waals surface area contributed by atoms with Crippen molar-refractivity contribution in [1.82, 2.24) is 14.8 Å². The van der Waals surface area contributed by atoms with Gasteiger partial charge in [0.1, 0.15) is 5.82 Å². The average Bonchev–Trinajstić information content (AvgIpc) is 3.09. The van der Waals surface area contributed by atoms with Crippen LogP contribution in [0.5, 0.6) is 0 Å². The zero-order valence-corrected chi connectivity index (χ0v) is 16.7. The maximum atomic E-state index is 12.8. The monoisotopic (exact) mass is 380 g/mol. The highest BCUT2D eigenvalue weighted by Crippen LogP contribution is 2.25. The topological polar surface area (TPSA) is 51.0 Å². The summed E-state index contributed by atoms with van der Waals surface area (Å²) in [4.78, 5) is 14.5. The van der Waals surface area contributed by atoms with Crippen LogP contribution in [0.25, 0.3) is 0 Å². The Hall–Kier alpha value is -2.60.